The van der Waals surface area contributed by atoms with E-state index in [1.807, 2.05) is 30.5 Å². The summed E-state index contributed by atoms with van der Waals surface area (Å²) in [6.07, 6.45) is 1.88. The first-order valence-corrected chi connectivity index (χ1v) is 7.35. The fourth-order valence-electron chi connectivity index (χ4n) is 2.08. The number of carbonyl (C=O) groups excluding carboxylic acids is 1. The highest BCUT2D eigenvalue weighted by Gasteiger charge is 2.21. The summed E-state index contributed by atoms with van der Waals surface area (Å²) in [5.41, 5.74) is 0. The van der Waals surface area contributed by atoms with Gasteiger partial charge in [0.05, 0.1) is 0 Å². The fraction of sp³-hybridized carbons (Fsp3) is 0.917. The standard InChI is InChI=1S/C12H24N2OS/c1-4-14(5-2)12(15)6-7-13-11-8-10(3)16-9-11/h10-11,13H,4-9H2,1-3H3. The van der Waals surface area contributed by atoms with Gasteiger partial charge in [-0.25, -0.2) is 0 Å². The van der Waals surface area contributed by atoms with Gasteiger partial charge in [0.2, 0.25) is 5.91 Å². The second-order valence-corrected chi connectivity index (χ2v) is 5.82. The molecule has 0 radical (unpaired) electrons. The van der Waals surface area contributed by atoms with E-state index in [4.69, 9.17) is 0 Å². The van der Waals surface area contributed by atoms with Crippen LogP contribution in [0.1, 0.15) is 33.6 Å². The van der Waals surface area contributed by atoms with E-state index in [-0.39, 0.29) is 5.91 Å². The van der Waals surface area contributed by atoms with Crippen molar-refractivity contribution < 1.29 is 4.79 Å². The maximum absolute atomic E-state index is 11.7. The van der Waals surface area contributed by atoms with Crippen molar-refractivity contribution in [3.8, 4) is 0 Å². The molecule has 0 aromatic carbocycles. The van der Waals surface area contributed by atoms with Gasteiger partial charge < -0.3 is 10.2 Å². The minimum Gasteiger partial charge on any atom is -0.343 e. The van der Waals surface area contributed by atoms with Gasteiger partial charge in [-0.1, -0.05) is 6.92 Å². The van der Waals surface area contributed by atoms with Crippen LogP contribution in [0, 0.1) is 0 Å². The van der Waals surface area contributed by atoms with E-state index in [1.165, 1.54) is 12.2 Å². The second-order valence-electron chi connectivity index (χ2n) is 4.35. The van der Waals surface area contributed by atoms with E-state index < -0.39 is 0 Å². The molecule has 0 aliphatic carbocycles. The van der Waals surface area contributed by atoms with Crippen molar-refractivity contribution in [3.05, 3.63) is 0 Å². The third-order valence-corrected chi connectivity index (χ3v) is 4.44. The third kappa shape index (κ3) is 4.34. The molecule has 1 N–H and O–H groups in total. The lowest BCUT2D eigenvalue weighted by Crippen LogP contribution is -2.36. The molecule has 1 aliphatic rings. The van der Waals surface area contributed by atoms with Crippen LogP contribution in [0.5, 0.6) is 0 Å². The molecule has 1 aliphatic heterocycles. The summed E-state index contributed by atoms with van der Waals surface area (Å²) in [5.74, 6) is 1.47. The first kappa shape index (κ1) is 13.8. The monoisotopic (exact) mass is 244 g/mol. The van der Waals surface area contributed by atoms with Crippen molar-refractivity contribution in [1.29, 1.82) is 0 Å². The summed E-state index contributed by atoms with van der Waals surface area (Å²) in [4.78, 5) is 13.6. The summed E-state index contributed by atoms with van der Waals surface area (Å²) in [6, 6.07) is 0.615. The lowest BCUT2D eigenvalue weighted by atomic mass is 10.2. The Bertz CT molecular complexity index is 219. The Balaban J connectivity index is 2.12. The first-order valence-electron chi connectivity index (χ1n) is 6.30. The minimum absolute atomic E-state index is 0.274. The van der Waals surface area contributed by atoms with Crippen molar-refractivity contribution >= 4 is 17.7 Å². The molecule has 0 bridgehead atoms. The van der Waals surface area contributed by atoms with Gasteiger partial charge >= 0.3 is 0 Å². The van der Waals surface area contributed by atoms with Gasteiger partial charge in [0, 0.05) is 43.1 Å². The van der Waals surface area contributed by atoms with Crippen LogP contribution in [0.25, 0.3) is 0 Å². The number of nitrogens with zero attached hydrogens (tertiary/aromatic N) is 1. The Morgan fingerprint density at radius 1 is 1.44 bits per heavy atom. The Labute approximate surface area is 103 Å². The molecule has 16 heavy (non-hydrogen) atoms. The molecule has 2 atom stereocenters. The third-order valence-electron chi connectivity index (χ3n) is 3.09. The van der Waals surface area contributed by atoms with Crippen molar-refractivity contribution in [2.45, 2.75) is 44.9 Å². The molecule has 0 aromatic heterocycles. The van der Waals surface area contributed by atoms with Crippen LogP contribution < -0.4 is 5.32 Å². The molecule has 3 nitrogen and oxygen atoms in total. The SMILES string of the molecule is CCN(CC)C(=O)CCNC1CSC(C)C1. The average Bonchev–Trinajstić information content (AvgIpc) is 2.66. The number of thioether (sulfide) groups is 1. The fourth-order valence-corrected chi connectivity index (χ4v) is 3.26. The van der Waals surface area contributed by atoms with Crippen LogP contribution in [0.4, 0.5) is 0 Å². The van der Waals surface area contributed by atoms with Gasteiger partial charge in [-0.3, -0.25) is 4.79 Å². The van der Waals surface area contributed by atoms with E-state index in [0.717, 1.165) is 24.9 Å². The lowest BCUT2D eigenvalue weighted by molar-refractivity contribution is -0.130. The van der Waals surface area contributed by atoms with Crippen LogP contribution in [0.3, 0.4) is 0 Å². The number of nitrogens with one attached hydrogen (secondary N) is 1. The van der Waals surface area contributed by atoms with Crippen LogP contribution in [0.2, 0.25) is 0 Å². The molecule has 4 heteroatoms. The molecule has 1 amide bonds. The highest BCUT2D eigenvalue weighted by Crippen LogP contribution is 2.25. The molecule has 1 rings (SSSR count). The van der Waals surface area contributed by atoms with Crippen molar-refractivity contribution in [3.63, 3.8) is 0 Å². The number of hydrogen-bond acceptors (Lipinski definition) is 3. The smallest absolute Gasteiger partial charge is 0.223 e. The number of carbonyl (C=O) groups is 1. The highest BCUT2D eigenvalue weighted by atomic mass is 32.2. The predicted octanol–water partition coefficient (Wildman–Crippen LogP) is 1.73. The summed E-state index contributed by atoms with van der Waals surface area (Å²) in [5, 5.41) is 4.25. The van der Waals surface area contributed by atoms with E-state index >= 15 is 0 Å². The molecular weight excluding hydrogens is 220 g/mol. The van der Waals surface area contributed by atoms with Gasteiger partial charge in [-0.05, 0) is 20.3 Å². The topological polar surface area (TPSA) is 32.3 Å². The average molecular weight is 244 g/mol. The van der Waals surface area contributed by atoms with E-state index in [0.29, 0.717) is 12.5 Å². The summed E-state index contributed by atoms with van der Waals surface area (Å²) in [6.45, 7) is 8.81. The molecule has 0 spiro atoms. The lowest BCUT2D eigenvalue weighted by Gasteiger charge is -2.19. The highest BCUT2D eigenvalue weighted by molar-refractivity contribution is 8.00. The van der Waals surface area contributed by atoms with E-state index in [2.05, 4.69) is 12.2 Å². The zero-order valence-corrected chi connectivity index (χ0v) is 11.5. The largest absolute Gasteiger partial charge is 0.343 e. The van der Waals surface area contributed by atoms with Gasteiger partial charge in [-0.2, -0.15) is 11.8 Å². The summed E-state index contributed by atoms with van der Waals surface area (Å²) >= 11 is 2.02. The number of amides is 1. The molecule has 1 fully saturated rings. The Hall–Kier alpha value is -0.220. The van der Waals surface area contributed by atoms with E-state index in [1.54, 1.807) is 0 Å². The molecule has 0 saturated carbocycles. The molecule has 94 valence electrons. The first-order chi connectivity index (χ1) is 7.67. The number of hydrogen-bond donors (Lipinski definition) is 1. The Morgan fingerprint density at radius 3 is 2.62 bits per heavy atom. The maximum Gasteiger partial charge on any atom is 0.223 e. The Kier molecular flexibility index (Phi) is 6.21. The van der Waals surface area contributed by atoms with Crippen LogP contribution in [-0.4, -0.2) is 47.5 Å². The predicted molar refractivity (Wildman–Crippen MR) is 70.9 cm³/mol. The van der Waals surface area contributed by atoms with Gasteiger partial charge in [0.25, 0.3) is 0 Å². The van der Waals surface area contributed by atoms with Crippen molar-refractivity contribution in [2.75, 3.05) is 25.4 Å². The molecule has 1 heterocycles. The van der Waals surface area contributed by atoms with E-state index in [9.17, 15) is 4.79 Å². The zero-order valence-electron chi connectivity index (χ0n) is 10.7. The second kappa shape index (κ2) is 7.17. The molecular formula is C12H24N2OS. The van der Waals surface area contributed by atoms with Gasteiger partial charge in [-0.15, -0.1) is 0 Å². The zero-order chi connectivity index (χ0) is 12.0. The summed E-state index contributed by atoms with van der Waals surface area (Å²) in [7, 11) is 0. The van der Waals surface area contributed by atoms with Gasteiger partial charge in [0.1, 0.15) is 0 Å². The van der Waals surface area contributed by atoms with Crippen molar-refractivity contribution in [1.82, 2.24) is 10.2 Å². The molecule has 1 saturated heterocycles. The normalized spacial score (nSPS) is 24.7. The summed E-state index contributed by atoms with van der Waals surface area (Å²) < 4.78 is 0. The van der Waals surface area contributed by atoms with Gasteiger partial charge in [0.15, 0.2) is 0 Å². The quantitative estimate of drug-likeness (QED) is 0.772. The molecule has 0 aromatic rings. The molecule has 2 unspecified atom stereocenters. The maximum atomic E-state index is 11.7. The minimum atomic E-state index is 0.274. The Morgan fingerprint density at radius 2 is 2.12 bits per heavy atom. The van der Waals surface area contributed by atoms with Crippen LogP contribution >= 0.6 is 11.8 Å². The number of rotatable bonds is 6. The van der Waals surface area contributed by atoms with Crippen molar-refractivity contribution in [2.24, 2.45) is 0 Å². The van der Waals surface area contributed by atoms with Crippen LogP contribution in [0.15, 0.2) is 0 Å². The van der Waals surface area contributed by atoms with Crippen LogP contribution in [-0.2, 0) is 4.79 Å².